The number of halogens is 1. The molecule has 0 unspecified atom stereocenters. The summed E-state index contributed by atoms with van der Waals surface area (Å²) < 4.78 is 1.68. The van der Waals surface area contributed by atoms with E-state index in [-0.39, 0.29) is 0 Å². The standard InChI is InChI=1S/C9H9ClN4/c10-9-4-2-1-3-8(9)5-6-14-7-11-12-13-14/h1-4,7H,5-6H2. The molecule has 0 amide bonds. The lowest BCUT2D eigenvalue weighted by Gasteiger charge is -2.02. The quantitative estimate of drug-likeness (QED) is 0.769. The molecular formula is C9H9ClN4. The van der Waals surface area contributed by atoms with E-state index >= 15 is 0 Å². The Morgan fingerprint density at radius 3 is 2.86 bits per heavy atom. The van der Waals surface area contributed by atoms with Gasteiger partial charge in [0.1, 0.15) is 6.33 Å². The van der Waals surface area contributed by atoms with Gasteiger partial charge in [0.05, 0.1) is 0 Å². The average Bonchev–Trinajstić information content (AvgIpc) is 2.69. The summed E-state index contributed by atoms with van der Waals surface area (Å²) in [4.78, 5) is 0. The third-order valence-electron chi connectivity index (χ3n) is 1.96. The molecule has 0 saturated carbocycles. The van der Waals surface area contributed by atoms with Crippen LogP contribution in [0.4, 0.5) is 0 Å². The van der Waals surface area contributed by atoms with Crippen molar-refractivity contribution in [2.75, 3.05) is 0 Å². The predicted octanol–water partition coefficient (Wildman–Crippen LogP) is 1.57. The van der Waals surface area contributed by atoms with Gasteiger partial charge in [-0.3, -0.25) is 0 Å². The molecule has 0 aliphatic heterocycles. The first-order chi connectivity index (χ1) is 6.86. The van der Waals surface area contributed by atoms with Gasteiger partial charge in [0.15, 0.2) is 0 Å². The molecule has 1 aromatic heterocycles. The molecule has 1 aromatic carbocycles. The Labute approximate surface area is 86.5 Å². The zero-order valence-electron chi connectivity index (χ0n) is 7.47. The van der Waals surface area contributed by atoms with Gasteiger partial charge in [0.2, 0.25) is 0 Å². The van der Waals surface area contributed by atoms with Gasteiger partial charge < -0.3 is 0 Å². The maximum absolute atomic E-state index is 6.00. The molecule has 5 heteroatoms. The molecule has 2 rings (SSSR count). The summed E-state index contributed by atoms with van der Waals surface area (Å²) in [6.45, 7) is 0.747. The predicted molar refractivity (Wildman–Crippen MR) is 53.0 cm³/mol. The van der Waals surface area contributed by atoms with Crippen LogP contribution in [0.15, 0.2) is 30.6 Å². The van der Waals surface area contributed by atoms with Crippen molar-refractivity contribution >= 4 is 11.6 Å². The molecule has 14 heavy (non-hydrogen) atoms. The topological polar surface area (TPSA) is 43.6 Å². The van der Waals surface area contributed by atoms with E-state index < -0.39 is 0 Å². The Kier molecular flexibility index (Phi) is 2.74. The van der Waals surface area contributed by atoms with Crippen LogP contribution >= 0.6 is 11.6 Å². The van der Waals surface area contributed by atoms with Crippen LogP contribution in [-0.2, 0) is 13.0 Å². The van der Waals surface area contributed by atoms with E-state index in [0.29, 0.717) is 0 Å². The lowest BCUT2D eigenvalue weighted by Crippen LogP contribution is -2.02. The SMILES string of the molecule is Clc1ccccc1CCn1cnnn1. The molecule has 0 radical (unpaired) electrons. The summed E-state index contributed by atoms with van der Waals surface area (Å²) in [5.41, 5.74) is 1.12. The fourth-order valence-corrected chi connectivity index (χ4v) is 1.45. The number of aryl methyl sites for hydroxylation is 2. The average molecular weight is 209 g/mol. The molecule has 72 valence electrons. The summed E-state index contributed by atoms with van der Waals surface area (Å²) in [5.74, 6) is 0. The molecule has 4 nitrogen and oxygen atoms in total. The monoisotopic (exact) mass is 208 g/mol. The number of benzene rings is 1. The number of hydrogen-bond acceptors (Lipinski definition) is 3. The summed E-state index contributed by atoms with van der Waals surface area (Å²) in [7, 11) is 0. The van der Waals surface area contributed by atoms with Crippen LogP contribution in [-0.4, -0.2) is 20.2 Å². The summed E-state index contributed by atoms with van der Waals surface area (Å²) in [5, 5.41) is 11.7. The Hall–Kier alpha value is -1.42. The Balaban J connectivity index is 2.02. The van der Waals surface area contributed by atoms with Crippen molar-refractivity contribution in [3.8, 4) is 0 Å². The first-order valence-corrected chi connectivity index (χ1v) is 4.68. The van der Waals surface area contributed by atoms with E-state index in [0.717, 1.165) is 23.6 Å². The van der Waals surface area contributed by atoms with Crippen molar-refractivity contribution in [2.24, 2.45) is 0 Å². The van der Waals surface area contributed by atoms with Gasteiger partial charge in [-0.05, 0) is 28.5 Å². The normalized spacial score (nSPS) is 10.4. The third kappa shape index (κ3) is 2.09. The van der Waals surface area contributed by atoms with Gasteiger partial charge in [-0.2, -0.15) is 0 Å². The number of hydrogen-bond donors (Lipinski definition) is 0. The molecule has 0 spiro atoms. The molecule has 0 fully saturated rings. The van der Waals surface area contributed by atoms with Gasteiger partial charge in [-0.1, -0.05) is 29.8 Å². The Bertz CT molecular complexity index is 399. The number of rotatable bonds is 3. The van der Waals surface area contributed by atoms with Crippen molar-refractivity contribution in [3.63, 3.8) is 0 Å². The minimum Gasteiger partial charge on any atom is -0.232 e. The van der Waals surface area contributed by atoms with Gasteiger partial charge >= 0.3 is 0 Å². The highest BCUT2D eigenvalue weighted by atomic mass is 35.5. The van der Waals surface area contributed by atoms with Crippen LogP contribution in [0.1, 0.15) is 5.56 Å². The highest BCUT2D eigenvalue weighted by Crippen LogP contribution is 2.15. The molecule has 0 bridgehead atoms. The molecule has 0 aliphatic carbocycles. The second-order valence-corrected chi connectivity index (χ2v) is 3.32. The van der Waals surface area contributed by atoms with Gasteiger partial charge in [0, 0.05) is 11.6 Å². The van der Waals surface area contributed by atoms with Crippen LogP contribution in [0.3, 0.4) is 0 Å². The van der Waals surface area contributed by atoms with E-state index in [1.54, 1.807) is 11.0 Å². The lowest BCUT2D eigenvalue weighted by molar-refractivity contribution is 0.589. The van der Waals surface area contributed by atoms with E-state index in [9.17, 15) is 0 Å². The van der Waals surface area contributed by atoms with Crippen LogP contribution in [0, 0.1) is 0 Å². The van der Waals surface area contributed by atoms with Crippen LogP contribution in [0.5, 0.6) is 0 Å². The minimum atomic E-state index is 0.747. The van der Waals surface area contributed by atoms with E-state index in [1.165, 1.54) is 0 Å². The molecule has 0 N–H and O–H groups in total. The first-order valence-electron chi connectivity index (χ1n) is 4.30. The van der Waals surface area contributed by atoms with Crippen LogP contribution < -0.4 is 0 Å². The third-order valence-corrected chi connectivity index (χ3v) is 2.33. The zero-order valence-corrected chi connectivity index (χ0v) is 8.22. The Morgan fingerprint density at radius 1 is 1.29 bits per heavy atom. The maximum atomic E-state index is 6.00. The highest BCUT2D eigenvalue weighted by molar-refractivity contribution is 6.31. The van der Waals surface area contributed by atoms with Crippen molar-refractivity contribution in [1.29, 1.82) is 0 Å². The van der Waals surface area contributed by atoms with E-state index in [1.807, 2.05) is 24.3 Å². The smallest absolute Gasteiger partial charge is 0.138 e. The molecule has 0 aliphatic rings. The summed E-state index contributed by atoms with van der Waals surface area (Å²) in [6, 6.07) is 7.78. The van der Waals surface area contributed by atoms with Gasteiger partial charge in [0.25, 0.3) is 0 Å². The molecular weight excluding hydrogens is 200 g/mol. The second-order valence-electron chi connectivity index (χ2n) is 2.91. The fourth-order valence-electron chi connectivity index (χ4n) is 1.22. The zero-order chi connectivity index (χ0) is 9.80. The first kappa shape index (κ1) is 9.15. The maximum Gasteiger partial charge on any atom is 0.138 e. The number of tetrazole rings is 1. The molecule has 2 aromatic rings. The summed E-state index contributed by atoms with van der Waals surface area (Å²) in [6.07, 6.45) is 2.43. The van der Waals surface area contributed by atoms with Crippen molar-refractivity contribution in [3.05, 3.63) is 41.2 Å². The van der Waals surface area contributed by atoms with E-state index in [4.69, 9.17) is 11.6 Å². The molecule has 0 atom stereocenters. The van der Waals surface area contributed by atoms with Crippen LogP contribution in [0.2, 0.25) is 5.02 Å². The lowest BCUT2D eigenvalue weighted by atomic mass is 10.1. The highest BCUT2D eigenvalue weighted by Gasteiger charge is 1.99. The largest absolute Gasteiger partial charge is 0.232 e. The number of aromatic nitrogens is 4. The van der Waals surface area contributed by atoms with Gasteiger partial charge in [-0.15, -0.1) is 5.10 Å². The fraction of sp³-hybridized carbons (Fsp3) is 0.222. The van der Waals surface area contributed by atoms with Crippen molar-refractivity contribution in [1.82, 2.24) is 20.2 Å². The van der Waals surface area contributed by atoms with Crippen LogP contribution in [0.25, 0.3) is 0 Å². The molecule has 1 heterocycles. The molecule has 0 saturated heterocycles. The van der Waals surface area contributed by atoms with Gasteiger partial charge in [-0.25, -0.2) is 4.68 Å². The minimum absolute atomic E-state index is 0.747. The van der Waals surface area contributed by atoms with Crippen molar-refractivity contribution < 1.29 is 0 Å². The van der Waals surface area contributed by atoms with E-state index in [2.05, 4.69) is 15.5 Å². The number of nitrogens with zero attached hydrogens (tertiary/aromatic N) is 4. The Morgan fingerprint density at radius 2 is 2.14 bits per heavy atom. The van der Waals surface area contributed by atoms with Crippen molar-refractivity contribution in [2.45, 2.75) is 13.0 Å². The summed E-state index contributed by atoms with van der Waals surface area (Å²) >= 11 is 6.00. The second kappa shape index (κ2) is 4.19.